The molecule has 0 saturated heterocycles. The summed E-state index contributed by atoms with van der Waals surface area (Å²) in [7, 11) is -3.80. The Morgan fingerprint density at radius 2 is 1.78 bits per heavy atom. The molecule has 0 N–H and O–H groups in total. The van der Waals surface area contributed by atoms with Gasteiger partial charge in [-0.15, -0.1) is 0 Å². The van der Waals surface area contributed by atoms with E-state index in [9.17, 15) is 8.42 Å². The molecule has 0 spiro atoms. The molecule has 3 rings (SSSR count). The third-order valence-corrected chi connectivity index (χ3v) is 5.69. The minimum absolute atomic E-state index is 0.0939. The highest BCUT2D eigenvalue weighted by Gasteiger charge is 2.24. The smallest absolute Gasteiger partial charge is 0.224 e. The van der Waals surface area contributed by atoms with Crippen LogP contribution in [0.15, 0.2) is 35.4 Å². The minimum atomic E-state index is -3.80. The zero-order chi connectivity index (χ0) is 16.8. The zero-order valence-electron chi connectivity index (χ0n) is 12.4. The van der Waals surface area contributed by atoms with Gasteiger partial charge in [0.25, 0.3) is 10.0 Å². The highest BCUT2D eigenvalue weighted by atomic mass is 35.5. The Hall–Kier alpha value is -1.63. The Labute approximate surface area is 143 Å². The van der Waals surface area contributed by atoms with Crippen molar-refractivity contribution in [3.63, 3.8) is 0 Å². The number of rotatable bonds is 3. The van der Waals surface area contributed by atoms with Gasteiger partial charge in [0.1, 0.15) is 5.15 Å². The SMILES string of the molecule is CCc1cn(S(=O)(=O)c2ccc(C)cc2)c2nc(Cl)nc(Cl)c12. The van der Waals surface area contributed by atoms with Gasteiger partial charge in [-0.05, 0) is 42.6 Å². The first-order valence-corrected chi connectivity index (χ1v) is 9.09. The first-order valence-electron chi connectivity index (χ1n) is 6.89. The van der Waals surface area contributed by atoms with Gasteiger partial charge in [0.15, 0.2) is 5.65 Å². The van der Waals surface area contributed by atoms with E-state index < -0.39 is 10.0 Å². The summed E-state index contributed by atoms with van der Waals surface area (Å²) in [4.78, 5) is 8.14. The lowest BCUT2D eigenvalue weighted by atomic mass is 10.2. The van der Waals surface area contributed by atoms with Crippen molar-refractivity contribution in [3.8, 4) is 0 Å². The summed E-state index contributed by atoms with van der Waals surface area (Å²) in [6.45, 7) is 3.80. The van der Waals surface area contributed by atoms with Crippen molar-refractivity contribution in [3.05, 3.63) is 52.0 Å². The molecule has 8 heteroatoms. The third-order valence-electron chi connectivity index (χ3n) is 3.58. The lowest BCUT2D eigenvalue weighted by Crippen LogP contribution is -2.12. The molecule has 0 aliphatic heterocycles. The molecule has 5 nitrogen and oxygen atoms in total. The summed E-state index contributed by atoms with van der Waals surface area (Å²) >= 11 is 12.0. The van der Waals surface area contributed by atoms with Crippen molar-refractivity contribution >= 4 is 44.3 Å². The molecule has 2 heterocycles. The van der Waals surface area contributed by atoms with Gasteiger partial charge >= 0.3 is 0 Å². The number of hydrogen-bond acceptors (Lipinski definition) is 4. The average molecular weight is 370 g/mol. The normalized spacial score (nSPS) is 12.0. The molecule has 2 aromatic heterocycles. The van der Waals surface area contributed by atoms with E-state index in [0.29, 0.717) is 11.8 Å². The predicted molar refractivity (Wildman–Crippen MR) is 90.7 cm³/mol. The van der Waals surface area contributed by atoms with E-state index in [2.05, 4.69) is 9.97 Å². The van der Waals surface area contributed by atoms with Crippen LogP contribution >= 0.6 is 23.2 Å². The summed E-state index contributed by atoms with van der Waals surface area (Å²) in [6, 6.07) is 6.61. The van der Waals surface area contributed by atoms with Crippen LogP contribution in [-0.4, -0.2) is 22.4 Å². The molecule has 0 saturated carbocycles. The van der Waals surface area contributed by atoms with Gasteiger partial charge in [-0.3, -0.25) is 0 Å². The largest absolute Gasteiger partial charge is 0.269 e. The van der Waals surface area contributed by atoms with E-state index >= 15 is 0 Å². The number of benzene rings is 1. The molecule has 120 valence electrons. The van der Waals surface area contributed by atoms with E-state index in [1.165, 1.54) is 6.20 Å². The fourth-order valence-electron chi connectivity index (χ4n) is 2.38. The van der Waals surface area contributed by atoms with Gasteiger partial charge in [-0.2, -0.15) is 4.98 Å². The van der Waals surface area contributed by atoms with Crippen LogP contribution < -0.4 is 0 Å². The lowest BCUT2D eigenvalue weighted by Gasteiger charge is -2.07. The fraction of sp³-hybridized carbons (Fsp3) is 0.200. The Kier molecular flexibility index (Phi) is 4.08. The topological polar surface area (TPSA) is 64.8 Å². The summed E-state index contributed by atoms with van der Waals surface area (Å²) in [5.41, 5.74) is 1.91. The third kappa shape index (κ3) is 2.71. The van der Waals surface area contributed by atoms with Gasteiger partial charge in [0.05, 0.1) is 10.3 Å². The minimum Gasteiger partial charge on any atom is -0.224 e. The van der Waals surface area contributed by atoms with Crippen LogP contribution in [0.2, 0.25) is 10.4 Å². The molecule has 0 amide bonds. The number of nitrogens with zero attached hydrogens (tertiary/aromatic N) is 3. The Morgan fingerprint density at radius 1 is 1.13 bits per heavy atom. The second-order valence-corrected chi connectivity index (χ2v) is 7.61. The number of fused-ring (bicyclic) bond motifs is 1. The van der Waals surface area contributed by atoms with E-state index in [4.69, 9.17) is 23.2 Å². The molecule has 23 heavy (non-hydrogen) atoms. The van der Waals surface area contributed by atoms with E-state index in [0.717, 1.165) is 15.1 Å². The van der Waals surface area contributed by atoms with Gasteiger partial charge in [-0.25, -0.2) is 17.4 Å². The van der Waals surface area contributed by atoms with Crippen molar-refractivity contribution < 1.29 is 8.42 Å². The van der Waals surface area contributed by atoms with Gasteiger partial charge in [0.2, 0.25) is 5.28 Å². The molecule has 0 aliphatic rings. The Morgan fingerprint density at radius 3 is 2.39 bits per heavy atom. The zero-order valence-corrected chi connectivity index (χ0v) is 14.7. The van der Waals surface area contributed by atoms with Crippen LogP contribution in [0, 0.1) is 6.92 Å². The number of aryl methyl sites for hydroxylation is 2. The highest BCUT2D eigenvalue weighted by Crippen LogP contribution is 2.30. The van der Waals surface area contributed by atoms with Gasteiger partial charge in [-0.1, -0.05) is 36.2 Å². The second kappa shape index (κ2) is 5.78. The Balaban J connectivity index is 2.33. The quantitative estimate of drug-likeness (QED) is 0.519. The molecular weight excluding hydrogens is 357 g/mol. The van der Waals surface area contributed by atoms with Crippen LogP contribution in [0.3, 0.4) is 0 Å². The first kappa shape index (κ1) is 16.2. The first-order chi connectivity index (χ1) is 10.8. The van der Waals surface area contributed by atoms with E-state index in [1.807, 2.05) is 13.8 Å². The molecule has 0 aliphatic carbocycles. The lowest BCUT2D eigenvalue weighted by molar-refractivity contribution is 0.588. The molecule has 0 unspecified atom stereocenters. The molecule has 1 aromatic carbocycles. The second-order valence-electron chi connectivity index (χ2n) is 5.10. The molecular formula is C15H13Cl2N3O2S. The summed E-state index contributed by atoms with van der Waals surface area (Å²) < 4.78 is 27.0. The van der Waals surface area contributed by atoms with Crippen molar-refractivity contribution in [2.24, 2.45) is 0 Å². The van der Waals surface area contributed by atoms with E-state index in [-0.39, 0.29) is 21.0 Å². The van der Waals surface area contributed by atoms with Gasteiger partial charge < -0.3 is 0 Å². The maximum absolute atomic E-state index is 12.9. The molecule has 0 atom stereocenters. The molecule has 0 bridgehead atoms. The Bertz CT molecular complexity index is 996. The molecule has 3 aromatic rings. The predicted octanol–water partition coefficient (Wildman–Crippen LogP) is 3.85. The van der Waals surface area contributed by atoms with Crippen molar-refractivity contribution in [1.29, 1.82) is 0 Å². The van der Waals surface area contributed by atoms with Crippen LogP contribution in [0.1, 0.15) is 18.1 Å². The number of aromatic nitrogens is 3. The standard InChI is InChI=1S/C15H13Cl2N3O2S/c1-3-10-8-20(14-12(10)13(16)18-15(17)19-14)23(21,22)11-6-4-9(2)5-7-11/h4-8H,3H2,1-2H3. The maximum Gasteiger partial charge on any atom is 0.269 e. The monoisotopic (exact) mass is 369 g/mol. The van der Waals surface area contributed by atoms with Crippen molar-refractivity contribution in [2.45, 2.75) is 25.2 Å². The van der Waals surface area contributed by atoms with E-state index in [1.54, 1.807) is 24.3 Å². The van der Waals surface area contributed by atoms with Crippen LogP contribution in [0.25, 0.3) is 11.0 Å². The van der Waals surface area contributed by atoms with Crippen LogP contribution in [0.4, 0.5) is 0 Å². The van der Waals surface area contributed by atoms with Crippen molar-refractivity contribution in [1.82, 2.24) is 13.9 Å². The highest BCUT2D eigenvalue weighted by molar-refractivity contribution is 7.90. The maximum atomic E-state index is 12.9. The molecule has 0 fully saturated rings. The fourth-order valence-corrected chi connectivity index (χ4v) is 4.20. The van der Waals surface area contributed by atoms with Crippen molar-refractivity contribution in [2.75, 3.05) is 0 Å². The summed E-state index contributed by atoms with van der Waals surface area (Å²) in [5, 5.41) is 0.563. The summed E-state index contributed by atoms with van der Waals surface area (Å²) in [6.07, 6.45) is 2.12. The average Bonchev–Trinajstić information content (AvgIpc) is 2.87. The number of hydrogen-bond donors (Lipinski definition) is 0. The summed E-state index contributed by atoms with van der Waals surface area (Å²) in [5.74, 6) is 0. The van der Waals surface area contributed by atoms with Gasteiger partial charge in [0, 0.05) is 6.20 Å². The van der Waals surface area contributed by atoms with Crippen LogP contribution in [-0.2, 0) is 16.4 Å². The number of halogens is 2. The molecule has 0 radical (unpaired) electrons. The van der Waals surface area contributed by atoms with Crippen LogP contribution in [0.5, 0.6) is 0 Å².